The molecule has 1 aromatic carbocycles. The molecule has 0 aliphatic rings. The number of likely N-dealkylation sites (N-methyl/N-ethyl adjacent to an activating group) is 1. The SMILES string of the molecule is CCOC(CN)CN(C)c1ccc(F)cc1. The molecule has 2 N–H and O–H groups in total. The monoisotopic (exact) mass is 226 g/mol. The highest BCUT2D eigenvalue weighted by Gasteiger charge is 2.10. The van der Waals surface area contributed by atoms with Crippen molar-refractivity contribution in [3.63, 3.8) is 0 Å². The number of benzene rings is 1. The van der Waals surface area contributed by atoms with Crippen LogP contribution in [0.5, 0.6) is 0 Å². The second-order valence-electron chi connectivity index (χ2n) is 3.67. The molecule has 0 amide bonds. The second-order valence-corrected chi connectivity index (χ2v) is 3.67. The molecule has 0 aliphatic heterocycles. The van der Waals surface area contributed by atoms with E-state index in [0.29, 0.717) is 19.7 Å². The summed E-state index contributed by atoms with van der Waals surface area (Å²) in [5.74, 6) is -0.225. The molecule has 0 radical (unpaired) electrons. The Labute approximate surface area is 96.0 Å². The van der Waals surface area contributed by atoms with Crippen LogP contribution < -0.4 is 10.6 Å². The van der Waals surface area contributed by atoms with Gasteiger partial charge in [-0.3, -0.25) is 0 Å². The van der Waals surface area contributed by atoms with Gasteiger partial charge in [-0.2, -0.15) is 0 Å². The molecular weight excluding hydrogens is 207 g/mol. The maximum atomic E-state index is 12.7. The van der Waals surface area contributed by atoms with Crippen molar-refractivity contribution in [3.8, 4) is 0 Å². The van der Waals surface area contributed by atoms with Crippen LogP contribution >= 0.6 is 0 Å². The van der Waals surface area contributed by atoms with Gasteiger partial charge in [0.05, 0.1) is 6.10 Å². The minimum atomic E-state index is -0.225. The molecule has 0 bridgehead atoms. The fourth-order valence-corrected chi connectivity index (χ4v) is 1.54. The molecule has 0 spiro atoms. The first kappa shape index (κ1) is 12.9. The number of nitrogens with zero attached hydrogens (tertiary/aromatic N) is 1. The van der Waals surface area contributed by atoms with E-state index in [2.05, 4.69) is 0 Å². The van der Waals surface area contributed by atoms with E-state index < -0.39 is 0 Å². The fraction of sp³-hybridized carbons (Fsp3) is 0.500. The van der Waals surface area contributed by atoms with Crippen LogP contribution in [0.4, 0.5) is 10.1 Å². The van der Waals surface area contributed by atoms with Crippen LogP contribution in [0, 0.1) is 5.82 Å². The van der Waals surface area contributed by atoms with Crippen LogP contribution in [-0.2, 0) is 4.74 Å². The molecule has 0 aliphatic carbocycles. The Morgan fingerprint density at radius 3 is 2.50 bits per heavy atom. The van der Waals surface area contributed by atoms with Gasteiger partial charge in [-0.1, -0.05) is 0 Å². The van der Waals surface area contributed by atoms with Crippen molar-refractivity contribution < 1.29 is 9.13 Å². The first-order valence-corrected chi connectivity index (χ1v) is 5.45. The Kier molecular flexibility index (Phi) is 5.22. The van der Waals surface area contributed by atoms with Crippen molar-refractivity contribution in [1.82, 2.24) is 0 Å². The van der Waals surface area contributed by atoms with Gasteiger partial charge < -0.3 is 15.4 Å². The Morgan fingerprint density at radius 2 is 2.00 bits per heavy atom. The third-order valence-electron chi connectivity index (χ3n) is 2.41. The summed E-state index contributed by atoms with van der Waals surface area (Å²) >= 11 is 0. The predicted octanol–water partition coefficient (Wildman–Crippen LogP) is 1.63. The highest BCUT2D eigenvalue weighted by atomic mass is 19.1. The van der Waals surface area contributed by atoms with E-state index in [1.165, 1.54) is 12.1 Å². The van der Waals surface area contributed by atoms with Crippen molar-refractivity contribution in [2.45, 2.75) is 13.0 Å². The lowest BCUT2D eigenvalue weighted by Crippen LogP contribution is -2.36. The summed E-state index contributed by atoms with van der Waals surface area (Å²) in [6.07, 6.45) is 0.0139. The van der Waals surface area contributed by atoms with Crippen LogP contribution in [0.3, 0.4) is 0 Å². The van der Waals surface area contributed by atoms with Crippen LogP contribution in [0.25, 0.3) is 0 Å². The van der Waals surface area contributed by atoms with E-state index in [9.17, 15) is 4.39 Å². The molecule has 3 nitrogen and oxygen atoms in total. The van der Waals surface area contributed by atoms with Gasteiger partial charge in [0.1, 0.15) is 5.82 Å². The van der Waals surface area contributed by atoms with Gasteiger partial charge in [0.25, 0.3) is 0 Å². The Bertz CT molecular complexity index is 302. The highest BCUT2D eigenvalue weighted by molar-refractivity contribution is 5.45. The Hall–Kier alpha value is -1.13. The van der Waals surface area contributed by atoms with Gasteiger partial charge in [0, 0.05) is 32.4 Å². The maximum absolute atomic E-state index is 12.7. The summed E-state index contributed by atoms with van der Waals surface area (Å²) in [6.45, 7) is 3.79. The first-order chi connectivity index (χ1) is 7.67. The summed E-state index contributed by atoms with van der Waals surface area (Å²) in [6, 6.07) is 6.39. The lowest BCUT2D eigenvalue weighted by atomic mass is 10.2. The minimum Gasteiger partial charge on any atom is -0.375 e. The second kappa shape index (κ2) is 6.45. The van der Waals surface area contributed by atoms with Gasteiger partial charge in [-0.15, -0.1) is 0 Å². The zero-order valence-electron chi connectivity index (χ0n) is 9.82. The number of halogens is 1. The van der Waals surface area contributed by atoms with E-state index in [1.54, 1.807) is 12.1 Å². The number of ether oxygens (including phenoxy) is 1. The molecule has 1 unspecified atom stereocenters. The molecule has 0 saturated carbocycles. The third kappa shape index (κ3) is 3.79. The molecule has 1 rings (SSSR count). The summed E-state index contributed by atoms with van der Waals surface area (Å²) in [5.41, 5.74) is 6.56. The van der Waals surface area contributed by atoms with Crippen molar-refractivity contribution in [1.29, 1.82) is 0 Å². The van der Waals surface area contributed by atoms with Crippen molar-refractivity contribution in [2.24, 2.45) is 5.73 Å². The molecule has 0 saturated heterocycles. The predicted molar refractivity (Wildman–Crippen MR) is 64.1 cm³/mol. The van der Waals surface area contributed by atoms with Gasteiger partial charge in [0.15, 0.2) is 0 Å². The molecule has 0 heterocycles. The van der Waals surface area contributed by atoms with Crippen LogP contribution in [0.15, 0.2) is 24.3 Å². The molecule has 1 atom stereocenters. The molecule has 1 aromatic rings. The lowest BCUT2D eigenvalue weighted by Gasteiger charge is -2.24. The molecule has 90 valence electrons. The Morgan fingerprint density at radius 1 is 1.38 bits per heavy atom. The zero-order valence-corrected chi connectivity index (χ0v) is 9.82. The molecule has 0 fully saturated rings. The van der Waals surface area contributed by atoms with Gasteiger partial charge in [-0.25, -0.2) is 4.39 Å². The standard InChI is InChI=1S/C12H19FN2O/c1-3-16-12(8-14)9-15(2)11-6-4-10(13)5-7-11/h4-7,12H,3,8-9,14H2,1-2H3. The number of nitrogens with two attached hydrogens (primary N) is 1. The lowest BCUT2D eigenvalue weighted by molar-refractivity contribution is 0.0745. The third-order valence-corrected chi connectivity index (χ3v) is 2.41. The summed E-state index contributed by atoms with van der Waals surface area (Å²) < 4.78 is 18.2. The molecule has 4 heteroatoms. The van der Waals surface area contributed by atoms with Gasteiger partial charge in [-0.05, 0) is 31.2 Å². The summed E-state index contributed by atoms with van der Waals surface area (Å²) in [4.78, 5) is 2.01. The van der Waals surface area contributed by atoms with E-state index in [4.69, 9.17) is 10.5 Å². The minimum absolute atomic E-state index is 0.0139. The van der Waals surface area contributed by atoms with Crippen LogP contribution in [0.1, 0.15) is 6.92 Å². The average Bonchev–Trinajstić information content (AvgIpc) is 2.29. The highest BCUT2D eigenvalue weighted by Crippen LogP contribution is 2.13. The average molecular weight is 226 g/mol. The van der Waals surface area contributed by atoms with Crippen LogP contribution in [-0.4, -0.2) is 32.8 Å². The van der Waals surface area contributed by atoms with Crippen molar-refractivity contribution >= 4 is 5.69 Å². The quantitative estimate of drug-likeness (QED) is 0.801. The van der Waals surface area contributed by atoms with E-state index in [-0.39, 0.29) is 11.9 Å². The van der Waals surface area contributed by atoms with Crippen molar-refractivity contribution in [2.75, 3.05) is 31.6 Å². The number of anilines is 1. The molecular formula is C12H19FN2O. The summed E-state index contributed by atoms with van der Waals surface area (Å²) in [7, 11) is 1.94. The van der Waals surface area contributed by atoms with E-state index in [1.807, 2.05) is 18.9 Å². The Balaban J connectivity index is 2.56. The van der Waals surface area contributed by atoms with E-state index in [0.717, 1.165) is 5.69 Å². The normalized spacial score (nSPS) is 12.5. The largest absolute Gasteiger partial charge is 0.375 e. The van der Waals surface area contributed by atoms with Gasteiger partial charge in [0.2, 0.25) is 0 Å². The number of hydrogen-bond donors (Lipinski definition) is 1. The van der Waals surface area contributed by atoms with Gasteiger partial charge >= 0.3 is 0 Å². The smallest absolute Gasteiger partial charge is 0.123 e. The van der Waals surface area contributed by atoms with Crippen LogP contribution in [0.2, 0.25) is 0 Å². The number of hydrogen-bond acceptors (Lipinski definition) is 3. The molecule has 16 heavy (non-hydrogen) atoms. The maximum Gasteiger partial charge on any atom is 0.123 e. The summed E-state index contributed by atoms with van der Waals surface area (Å²) in [5, 5.41) is 0. The first-order valence-electron chi connectivity index (χ1n) is 5.45. The van der Waals surface area contributed by atoms with E-state index >= 15 is 0 Å². The topological polar surface area (TPSA) is 38.5 Å². The molecule has 0 aromatic heterocycles. The van der Waals surface area contributed by atoms with Crippen molar-refractivity contribution in [3.05, 3.63) is 30.1 Å². The fourth-order valence-electron chi connectivity index (χ4n) is 1.54. The number of rotatable bonds is 6. The zero-order chi connectivity index (χ0) is 12.0.